The molecule has 0 aliphatic rings. The molecule has 0 bridgehead atoms. The van der Waals surface area contributed by atoms with Crippen molar-refractivity contribution in [3.8, 4) is 6.07 Å². The molecule has 0 aliphatic carbocycles. The van der Waals surface area contributed by atoms with Crippen molar-refractivity contribution in [1.29, 1.82) is 5.26 Å². The number of nitriles is 1. The fraction of sp³-hybridized carbons (Fsp3) is 0.125. The lowest BCUT2D eigenvalue weighted by Crippen LogP contribution is -2.29. The van der Waals surface area contributed by atoms with Crippen molar-refractivity contribution in [2.45, 2.75) is 6.92 Å². The lowest BCUT2D eigenvalue weighted by atomic mass is 10.2. The summed E-state index contributed by atoms with van der Waals surface area (Å²) in [5.41, 5.74) is 7.70. The van der Waals surface area contributed by atoms with Crippen LogP contribution in [0.15, 0.2) is 35.5 Å². The molecule has 0 fully saturated rings. The number of hydrogen-bond donors (Lipinski definition) is 3. The van der Waals surface area contributed by atoms with Crippen LogP contribution in [-0.4, -0.2) is 27.5 Å². The topological polar surface area (TPSA) is 134 Å². The third kappa shape index (κ3) is 3.38. The minimum absolute atomic E-state index is 0.235. The molecule has 0 saturated carbocycles. The number of nitrogen functional groups attached to an aromatic ring is 1. The predicted molar refractivity (Wildman–Crippen MR) is 97.5 cm³/mol. The van der Waals surface area contributed by atoms with E-state index in [0.717, 1.165) is 0 Å². The van der Waals surface area contributed by atoms with Gasteiger partial charge in [-0.3, -0.25) is 10.0 Å². The minimum atomic E-state index is -0.486. The fourth-order valence-electron chi connectivity index (χ4n) is 2.31. The van der Waals surface area contributed by atoms with E-state index in [4.69, 9.17) is 16.8 Å². The Hall–Kier alpha value is -3.71. The molecule has 0 radical (unpaired) electrons. The normalized spacial score (nSPS) is 11.0. The molecule has 3 aromatic rings. The number of aromatic nitrogens is 3. The summed E-state index contributed by atoms with van der Waals surface area (Å²) in [5.74, 6) is 5.68. The van der Waals surface area contributed by atoms with Crippen LogP contribution in [0.2, 0.25) is 0 Å². The lowest BCUT2D eigenvalue weighted by Gasteiger charge is -2.15. The number of nitrogens with one attached hydrogen (secondary N) is 1. The van der Waals surface area contributed by atoms with E-state index in [2.05, 4.69) is 20.4 Å². The molecule has 3 rings (SSSR count). The molecule has 0 spiro atoms. The molecule has 5 N–H and O–H groups in total. The van der Waals surface area contributed by atoms with Crippen molar-refractivity contribution in [3.05, 3.63) is 42.0 Å². The van der Waals surface area contributed by atoms with Crippen molar-refractivity contribution in [2.24, 2.45) is 10.8 Å². The average Bonchev–Trinajstić information content (AvgIpc) is 3.02. The molecular formula is C16H16FN9. The molecule has 132 valence electrons. The fourth-order valence-corrected chi connectivity index (χ4v) is 2.31. The first-order chi connectivity index (χ1) is 12.5. The Bertz CT molecular complexity index is 1020. The number of aliphatic imine (C=N–C) groups is 1. The molecule has 0 atom stereocenters. The van der Waals surface area contributed by atoms with Gasteiger partial charge in [0.05, 0.1) is 17.6 Å². The molecule has 26 heavy (non-hydrogen) atoms. The maximum atomic E-state index is 13.9. The minimum Gasteiger partial charge on any atom is -0.396 e. The van der Waals surface area contributed by atoms with Crippen LogP contribution >= 0.6 is 0 Å². The van der Waals surface area contributed by atoms with Crippen molar-refractivity contribution < 1.29 is 4.39 Å². The Morgan fingerprint density at radius 1 is 1.42 bits per heavy atom. The summed E-state index contributed by atoms with van der Waals surface area (Å²) in [6, 6.07) is 7.72. The average molecular weight is 353 g/mol. The van der Waals surface area contributed by atoms with Gasteiger partial charge in [0.25, 0.3) is 0 Å². The van der Waals surface area contributed by atoms with Crippen LogP contribution in [0, 0.1) is 17.1 Å². The maximum absolute atomic E-state index is 13.9. The summed E-state index contributed by atoms with van der Waals surface area (Å²) in [4.78, 5) is 8.06. The highest BCUT2D eigenvalue weighted by molar-refractivity contribution is 5.79. The highest BCUT2D eigenvalue weighted by atomic mass is 19.1. The molecule has 10 heteroatoms. The number of imidazole rings is 1. The van der Waals surface area contributed by atoms with Gasteiger partial charge in [0, 0.05) is 18.3 Å². The highest BCUT2D eigenvalue weighted by Gasteiger charge is 2.11. The molecule has 0 aliphatic heterocycles. The van der Waals surface area contributed by atoms with Gasteiger partial charge in [0.15, 0.2) is 17.2 Å². The summed E-state index contributed by atoms with van der Waals surface area (Å²) < 4.78 is 15.3. The van der Waals surface area contributed by atoms with Gasteiger partial charge in [0.2, 0.25) is 0 Å². The molecule has 2 heterocycles. The van der Waals surface area contributed by atoms with E-state index in [-0.39, 0.29) is 5.69 Å². The quantitative estimate of drug-likeness (QED) is 0.275. The Balaban J connectivity index is 1.96. The number of anilines is 4. The van der Waals surface area contributed by atoms with Gasteiger partial charge in [0.1, 0.15) is 18.2 Å². The van der Waals surface area contributed by atoms with Gasteiger partial charge in [-0.15, -0.1) is 5.10 Å². The summed E-state index contributed by atoms with van der Waals surface area (Å²) in [6.45, 7) is 2.42. The molecular weight excluding hydrogens is 337 g/mol. The summed E-state index contributed by atoms with van der Waals surface area (Å²) in [6.07, 6.45) is 2.79. The van der Waals surface area contributed by atoms with Crippen LogP contribution in [-0.2, 0) is 0 Å². The van der Waals surface area contributed by atoms with Crippen molar-refractivity contribution in [1.82, 2.24) is 14.6 Å². The van der Waals surface area contributed by atoms with Gasteiger partial charge in [-0.1, -0.05) is 0 Å². The summed E-state index contributed by atoms with van der Waals surface area (Å²) >= 11 is 0. The zero-order valence-electron chi connectivity index (χ0n) is 13.9. The van der Waals surface area contributed by atoms with Crippen LogP contribution < -0.4 is 21.9 Å². The third-order valence-electron chi connectivity index (χ3n) is 3.45. The van der Waals surface area contributed by atoms with E-state index in [1.165, 1.54) is 34.2 Å². The monoisotopic (exact) mass is 353 g/mol. The molecule has 2 aromatic heterocycles. The van der Waals surface area contributed by atoms with Crippen LogP contribution in [0.25, 0.3) is 5.65 Å². The second-order valence-electron chi connectivity index (χ2n) is 5.32. The number of rotatable bonds is 5. The zero-order chi connectivity index (χ0) is 18.7. The zero-order valence-corrected chi connectivity index (χ0v) is 13.9. The number of benzene rings is 1. The Kier molecular flexibility index (Phi) is 4.64. The summed E-state index contributed by atoms with van der Waals surface area (Å²) in [7, 11) is 0. The smallest absolute Gasteiger partial charge is 0.178 e. The van der Waals surface area contributed by atoms with Gasteiger partial charge in [-0.25, -0.2) is 15.2 Å². The maximum Gasteiger partial charge on any atom is 0.178 e. The van der Waals surface area contributed by atoms with Gasteiger partial charge < -0.3 is 11.1 Å². The molecule has 9 nitrogen and oxygen atoms in total. The first kappa shape index (κ1) is 17.1. The predicted octanol–water partition coefficient (Wildman–Crippen LogP) is 1.79. The second-order valence-corrected chi connectivity index (χ2v) is 5.32. The molecule has 0 saturated heterocycles. The van der Waals surface area contributed by atoms with Gasteiger partial charge in [-0.05, 0) is 25.1 Å². The SMILES string of the molecule is CCN=CN(N)c1cc(F)cc(Nc2cc(N)c3ncc(C#N)n3n2)c1. The van der Waals surface area contributed by atoms with E-state index < -0.39 is 5.82 Å². The highest BCUT2D eigenvalue weighted by Crippen LogP contribution is 2.24. The van der Waals surface area contributed by atoms with Gasteiger partial charge in [-0.2, -0.15) is 9.78 Å². The largest absolute Gasteiger partial charge is 0.396 e. The number of nitrogens with zero attached hydrogens (tertiary/aromatic N) is 6. The van der Waals surface area contributed by atoms with Crippen molar-refractivity contribution >= 4 is 34.9 Å². The first-order valence-electron chi connectivity index (χ1n) is 7.67. The van der Waals surface area contributed by atoms with Crippen LogP contribution in [0.1, 0.15) is 12.6 Å². The van der Waals surface area contributed by atoms with E-state index in [9.17, 15) is 4.39 Å². The van der Waals surface area contributed by atoms with E-state index in [1.54, 1.807) is 12.1 Å². The molecule has 1 aromatic carbocycles. The summed E-state index contributed by atoms with van der Waals surface area (Å²) in [5, 5.41) is 17.5. The Labute approximate surface area is 148 Å². The van der Waals surface area contributed by atoms with Gasteiger partial charge >= 0.3 is 0 Å². The Morgan fingerprint density at radius 3 is 2.96 bits per heavy atom. The standard InChI is InChI=1S/C16H16FN9/c1-2-21-9-25(20)12-4-10(17)3-11(5-12)23-15-6-14(19)16-22-8-13(7-18)26(16)24-15/h3-6,8-9H,2,19-20H2,1H3,(H,23,24). The van der Waals surface area contributed by atoms with E-state index >= 15 is 0 Å². The second kappa shape index (κ2) is 7.04. The van der Waals surface area contributed by atoms with Crippen molar-refractivity contribution in [3.63, 3.8) is 0 Å². The van der Waals surface area contributed by atoms with E-state index in [1.807, 2.05) is 13.0 Å². The van der Waals surface area contributed by atoms with Crippen LogP contribution in [0.3, 0.4) is 0 Å². The number of nitrogens with two attached hydrogens (primary N) is 2. The van der Waals surface area contributed by atoms with E-state index in [0.29, 0.717) is 35.1 Å². The number of halogens is 1. The number of hydrazine groups is 1. The third-order valence-corrected chi connectivity index (χ3v) is 3.45. The lowest BCUT2D eigenvalue weighted by molar-refractivity contribution is 0.628. The number of hydrogen-bond acceptors (Lipinski definition) is 7. The Morgan fingerprint density at radius 2 is 2.23 bits per heavy atom. The van der Waals surface area contributed by atoms with Crippen LogP contribution in [0.4, 0.5) is 27.3 Å². The molecule has 0 amide bonds. The first-order valence-corrected chi connectivity index (χ1v) is 7.67. The van der Waals surface area contributed by atoms with Crippen LogP contribution in [0.5, 0.6) is 0 Å². The molecule has 0 unspecified atom stereocenters. The number of fused-ring (bicyclic) bond motifs is 1. The van der Waals surface area contributed by atoms with Crippen molar-refractivity contribution in [2.75, 3.05) is 22.6 Å².